The van der Waals surface area contributed by atoms with Crippen LogP contribution < -0.4 is 5.32 Å². The Labute approximate surface area is 133 Å². The van der Waals surface area contributed by atoms with E-state index < -0.39 is 0 Å². The van der Waals surface area contributed by atoms with Gasteiger partial charge in [0.05, 0.1) is 6.54 Å². The normalized spacial score (nSPS) is 19.4. The third-order valence-electron chi connectivity index (χ3n) is 4.69. The number of amides is 1. The van der Waals surface area contributed by atoms with Gasteiger partial charge in [0, 0.05) is 32.7 Å². The summed E-state index contributed by atoms with van der Waals surface area (Å²) in [5.41, 5.74) is 1.39. The molecule has 1 aromatic carbocycles. The molecule has 120 valence electrons. The number of piperazine rings is 1. The van der Waals surface area contributed by atoms with Crippen molar-refractivity contribution >= 4 is 5.91 Å². The van der Waals surface area contributed by atoms with Crippen LogP contribution in [0.25, 0.3) is 0 Å². The third kappa shape index (κ3) is 4.82. The zero-order chi connectivity index (χ0) is 15.2. The summed E-state index contributed by atoms with van der Waals surface area (Å²) in [5, 5.41) is 3.30. The number of carbonyl (C=O) groups excluding carboxylic acids is 1. The van der Waals surface area contributed by atoms with Gasteiger partial charge >= 0.3 is 0 Å². The van der Waals surface area contributed by atoms with Gasteiger partial charge in [-0.25, -0.2) is 0 Å². The van der Waals surface area contributed by atoms with Gasteiger partial charge in [0.1, 0.15) is 0 Å². The molecule has 0 atom stereocenters. The maximum Gasteiger partial charge on any atom is 0.236 e. The third-order valence-corrected chi connectivity index (χ3v) is 4.69. The highest BCUT2D eigenvalue weighted by atomic mass is 16.2. The van der Waals surface area contributed by atoms with Crippen LogP contribution in [0.5, 0.6) is 0 Å². The standard InChI is InChI=1S/C18H27N3O/c22-18(15-19-14-17-6-7-17)21-12-10-20(11-13-21)9-8-16-4-2-1-3-5-16/h1-5,17,19H,6-15H2. The first-order valence-corrected chi connectivity index (χ1v) is 8.56. The monoisotopic (exact) mass is 301 g/mol. The summed E-state index contributed by atoms with van der Waals surface area (Å²) in [6, 6.07) is 10.6. The Kier molecular flexibility index (Phi) is 5.46. The van der Waals surface area contributed by atoms with Crippen molar-refractivity contribution in [2.75, 3.05) is 45.8 Å². The number of nitrogens with one attached hydrogen (secondary N) is 1. The van der Waals surface area contributed by atoms with Crippen molar-refractivity contribution in [3.63, 3.8) is 0 Å². The summed E-state index contributed by atoms with van der Waals surface area (Å²) in [4.78, 5) is 16.6. The molecule has 2 fully saturated rings. The van der Waals surface area contributed by atoms with Crippen LogP contribution in [-0.2, 0) is 11.2 Å². The molecule has 1 aliphatic heterocycles. The van der Waals surface area contributed by atoms with Crippen molar-refractivity contribution in [2.24, 2.45) is 5.92 Å². The van der Waals surface area contributed by atoms with Crippen molar-refractivity contribution in [2.45, 2.75) is 19.3 Å². The van der Waals surface area contributed by atoms with E-state index in [1.807, 2.05) is 4.90 Å². The SMILES string of the molecule is O=C(CNCC1CC1)N1CCN(CCc2ccccc2)CC1. The highest BCUT2D eigenvalue weighted by Gasteiger charge is 2.23. The van der Waals surface area contributed by atoms with Crippen LogP contribution in [0.3, 0.4) is 0 Å². The van der Waals surface area contributed by atoms with Gasteiger partial charge in [0.15, 0.2) is 0 Å². The Balaban J connectivity index is 1.32. The van der Waals surface area contributed by atoms with Crippen LogP contribution in [0.1, 0.15) is 18.4 Å². The van der Waals surface area contributed by atoms with E-state index in [1.165, 1.54) is 18.4 Å². The van der Waals surface area contributed by atoms with Gasteiger partial charge in [-0.2, -0.15) is 0 Å². The van der Waals surface area contributed by atoms with E-state index in [4.69, 9.17) is 0 Å². The molecule has 1 saturated carbocycles. The van der Waals surface area contributed by atoms with Crippen molar-refractivity contribution in [3.8, 4) is 0 Å². The predicted octanol–water partition coefficient (Wildman–Crippen LogP) is 1.37. The number of rotatable bonds is 7. The number of hydrogen-bond acceptors (Lipinski definition) is 3. The van der Waals surface area contributed by atoms with E-state index in [-0.39, 0.29) is 5.91 Å². The molecule has 0 unspecified atom stereocenters. The minimum atomic E-state index is 0.267. The van der Waals surface area contributed by atoms with Crippen LogP contribution in [0, 0.1) is 5.92 Å². The summed E-state index contributed by atoms with van der Waals surface area (Å²) >= 11 is 0. The van der Waals surface area contributed by atoms with Crippen LogP contribution in [0.15, 0.2) is 30.3 Å². The fourth-order valence-corrected chi connectivity index (χ4v) is 2.97. The lowest BCUT2D eigenvalue weighted by Crippen LogP contribution is -2.51. The Morgan fingerprint density at radius 2 is 1.82 bits per heavy atom. The molecule has 0 bridgehead atoms. The zero-order valence-corrected chi connectivity index (χ0v) is 13.3. The summed E-state index contributed by atoms with van der Waals surface area (Å²) in [5.74, 6) is 1.10. The van der Waals surface area contributed by atoms with Crippen LogP contribution in [-0.4, -0.2) is 61.5 Å². The molecule has 1 saturated heterocycles. The quantitative estimate of drug-likeness (QED) is 0.826. The summed E-state index contributed by atoms with van der Waals surface area (Å²) in [6.07, 6.45) is 3.76. The van der Waals surface area contributed by atoms with Gasteiger partial charge < -0.3 is 10.2 Å². The van der Waals surface area contributed by atoms with E-state index in [0.717, 1.165) is 51.6 Å². The van der Waals surface area contributed by atoms with E-state index in [1.54, 1.807) is 0 Å². The second kappa shape index (κ2) is 7.75. The Hall–Kier alpha value is -1.39. The molecule has 1 aromatic rings. The lowest BCUT2D eigenvalue weighted by atomic mass is 10.1. The van der Waals surface area contributed by atoms with Gasteiger partial charge in [-0.1, -0.05) is 30.3 Å². The molecule has 2 aliphatic rings. The number of nitrogens with zero attached hydrogens (tertiary/aromatic N) is 2. The van der Waals surface area contributed by atoms with Crippen molar-refractivity contribution in [1.82, 2.24) is 15.1 Å². The van der Waals surface area contributed by atoms with E-state index >= 15 is 0 Å². The van der Waals surface area contributed by atoms with Crippen molar-refractivity contribution in [1.29, 1.82) is 0 Å². The van der Waals surface area contributed by atoms with Crippen LogP contribution >= 0.6 is 0 Å². The molecule has 22 heavy (non-hydrogen) atoms. The molecule has 4 nitrogen and oxygen atoms in total. The highest BCUT2D eigenvalue weighted by Crippen LogP contribution is 2.27. The fourth-order valence-electron chi connectivity index (χ4n) is 2.97. The van der Waals surface area contributed by atoms with E-state index in [2.05, 4.69) is 40.5 Å². The molecule has 0 radical (unpaired) electrons. The predicted molar refractivity (Wildman–Crippen MR) is 88.8 cm³/mol. The molecular weight excluding hydrogens is 274 g/mol. The van der Waals surface area contributed by atoms with Gasteiger partial charge in [-0.15, -0.1) is 0 Å². The van der Waals surface area contributed by atoms with Crippen LogP contribution in [0.4, 0.5) is 0 Å². The molecule has 0 spiro atoms. The van der Waals surface area contributed by atoms with E-state index in [0.29, 0.717) is 6.54 Å². The average molecular weight is 301 g/mol. The number of carbonyl (C=O) groups is 1. The summed E-state index contributed by atoms with van der Waals surface area (Å²) in [6.45, 7) is 6.37. The first-order valence-electron chi connectivity index (χ1n) is 8.56. The minimum absolute atomic E-state index is 0.267. The lowest BCUT2D eigenvalue weighted by Gasteiger charge is -2.34. The number of hydrogen-bond donors (Lipinski definition) is 1. The second-order valence-corrected chi connectivity index (χ2v) is 6.53. The molecule has 1 heterocycles. The second-order valence-electron chi connectivity index (χ2n) is 6.53. The van der Waals surface area contributed by atoms with Gasteiger partial charge in [0.2, 0.25) is 5.91 Å². The Morgan fingerprint density at radius 3 is 2.50 bits per heavy atom. The van der Waals surface area contributed by atoms with Crippen molar-refractivity contribution < 1.29 is 4.79 Å². The molecule has 0 aromatic heterocycles. The maximum absolute atomic E-state index is 12.1. The minimum Gasteiger partial charge on any atom is -0.339 e. The molecule has 1 aliphatic carbocycles. The molecule has 1 N–H and O–H groups in total. The topological polar surface area (TPSA) is 35.6 Å². The fraction of sp³-hybridized carbons (Fsp3) is 0.611. The highest BCUT2D eigenvalue weighted by molar-refractivity contribution is 5.78. The van der Waals surface area contributed by atoms with Crippen molar-refractivity contribution in [3.05, 3.63) is 35.9 Å². The lowest BCUT2D eigenvalue weighted by molar-refractivity contribution is -0.131. The van der Waals surface area contributed by atoms with Gasteiger partial charge in [0.25, 0.3) is 0 Å². The molecular formula is C18H27N3O. The molecule has 3 rings (SSSR count). The number of benzene rings is 1. The first kappa shape index (κ1) is 15.5. The summed E-state index contributed by atoms with van der Waals surface area (Å²) in [7, 11) is 0. The van der Waals surface area contributed by atoms with Gasteiger partial charge in [-0.05, 0) is 37.3 Å². The smallest absolute Gasteiger partial charge is 0.236 e. The average Bonchev–Trinajstić information content (AvgIpc) is 3.38. The first-order chi connectivity index (χ1) is 10.8. The maximum atomic E-state index is 12.1. The summed E-state index contributed by atoms with van der Waals surface area (Å²) < 4.78 is 0. The van der Waals surface area contributed by atoms with E-state index in [9.17, 15) is 4.79 Å². The van der Waals surface area contributed by atoms with Crippen LogP contribution in [0.2, 0.25) is 0 Å². The Bertz CT molecular complexity index is 464. The zero-order valence-electron chi connectivity index (χ0n) is 13.3. The Morgan fingerprint density at radius 1 is 1.09 bits per heavy atom. The molecule has 4 heteroatoms. The molecule has 1 amide bonds. The van der Waals surface area contributed by atoms with Gasteiger partial charge in [-0.3, -0.25) is 9.69 Å². The largest absolute Gasteiger partial charge is 0.339 e.